The lowest BCUT2D eigenvalue weighted by Gasteiger charge is -2.07. The summed E-state index contributed by atoms with van der Waals surface area (Å²) in [5.74, 6) is -4.99. The van der Waals surface area contributed by atoms with Crippen LogP contribution in [0.1, 0.15) is 47.9 Å². The summed E-state index contributed by atoms with van der Waals surface area (Å²) in [6.07, 6.45) is 8.36. The van der Waals surface area contributed by atoms with Crippen molar-refractivity contribution in [3.8, 4) is 5.75 Å². The Labute approximate surface area is 235 Å². The highest BCUT2D eigenvalue weighted by atomic mass is 19.2. The minimum Gasteiger partial charge on any atom is -0.494 e. The third kappa shape index (κ3) is 8.00. The van der Waals surface area contributed by atoms with Crippen LogP contribution < -0.4 is 4.74 Å². The monoisotopic (exact) mass is 565 g/mol. The number of nitrogens with zero attached hydrogens (tertiary/aromatic N) is 1. The number of rotatable bonds is 14. The van der Waals surface area contributed by atoms with Crippen LogP contribution in [0.2, 0.25) is 0 Å². The zero-order valence-corrected chi connectivity index (χ0v) is 22.3. The van der Waals surface area contributed by atoms with Crippen molar-refractivity contribution in [2.45, 2.75) is 45.1 Å². The van der Waals surface area contributed by atoms with Crippen molar-refractivity contribution in [2.75, 3.05) is 6.61 Å². The number of carbonyl (C=O) groups is 2. The molecule has 0 radical (unpaired) electrons. The van der Waals surface area contributed by atoms with Crippen LogP contribution >= 0.6 is 0 Å². The number of fused-ring (bicyclic) bond motifs is 1. The second kappa shape index (κ2) is 13.7. The van der Waals surface area contributed by atoms with Crippen LogP contribution in [0.25, 0.3) is 23.1 Å². The van der Waals surface area contributed by atoms with Gasteiger partial charge in [0.1, 0.15) is 12.3 Å². The molecule has 0 bridgehead atoms. The van der Waals surface area contributed by atoms with Crippen molar-refractivity contribution in [3.63, 3.8) is 0 Å². The molecular formula is C32H30F3NO5. The Kier molecular flexibility index (Phi) is 9.84. The van der Waals surface area contributed by atoms with Gasteiger partial charge in [-0.15, -0.1) is 0 Å². The quantitative estimate of drug-likeness (QED) is 0.0965. The van der Waals surface area contributed by atoms with Gasteiger partial charge in [-0.3, -0.25) is 9.59 Å². The van der Waals surface area contributed by atoms with E-state index in [-0.39, 0.29) is 13.0 Å². The molecule has 2 N–H and O–H groups in total. The third-order valence-electron chi connectivity index (χ3n) is 6.66. The molecule has 0 unspecified atom stereocenters. The van der Waals surface area contributed by atoms with Gasteiger partial charge in [-0.1, -0.05) is 42.5 Å². The number of aromatic nitrogens is 1. The van der Waals surface area contributed by atoms with E-state index in [1.807, 2.05) is 54.6 Å². The van der Waals surface area contributed by atoms with Crippen molar-refractivity contribution in [3.05, 3.63) is 100 Å². The molecule has 3 aromatic carbocycles. The van der Waals surface area contributed by atoms with Crippen LogP contribution in [-0.4, -0.2) is 33.3 Å². The van der Waals surface area contributed by atoms with E-state index in [1.54, 1.807) is 10.8 Å². The van der Waals surface area contributed by atoms with Crippen LogP contribution in [-0.2, 0) is 29.0 Å². The maximum atomic E-state index is 13.3. The first-order valence-electron chi connectivity index (χ1n) is 13.3. The number of ether oxygens (including phenoxy) is 1. The largest absolute Gasteiger partial charge is 0.494 e. The summed E-state index contributed by atoms with van der Waals surface area (Å²) in [6, 6.07) is 15.2. The number of aliphatic carboxylic acids is 2. The van der Waals surface area contributed by atoms with Gasteiger partial charge in [0.05, 0.1) is 12.1 Å². The van der Waals surface area contributed by atoms with Crippen LogP contribution in [0.4, 0.5) is 13.2 Å². The number of aryl methyl sites for hydroxylation is 2. The maximum absolute atomic E-state index is 13.3. The Bertz CT molecular complexity index is 1540. The van der Waals surface area contributed by atoms with Gasteiger partial charge in [0.2, 0.25) is 0 Å². The smallest absolute Gasteiger partial charge is 0.323 e. The first-order valence-corrected chi connectivity index (χ1v) is 13.3. The fourth-order valence-corrected chi connectivity index (χ4v) is 4.73. The number of carboxylic acids is 2. The molecule has 0 atom stereocenters. The zero-order valence-electron chi connectivity index (χ0n) is 22.3. The molecule has 1 aromatic heterocycles. The molecule has 9 heteroatoms. The predicted octanol–water partition coefficient (Wildman–Crippen LogP) is 7.12. The van der Waals surface area contributed by atoms with Crippen molar-refractivity contribution < 1.29 is 37.7 Å². The number of unbranched alkanes of at least 4 members (excludes halogenated alkanes) is 1. The minimum atomic E-state index is -1.46. The molecule has 0 fully saturated rings. The molecule has 214 valence electrons. The van der Waals surface area contributed by atoms with E-state index >= 15 is 0 Å². The molecule has 0 aliphatic rings. The van der Waals surface area contributed by atoms with E-state index in [0.717, 1.165) is 39.7 Å². The standard InChI is InChI=1S/C32H30F3NO5/c33-27-17-22(18-28(34)31(27)35)5-1-2-16-41-25-14-11-21(12-15-25)10-13-23-6-3-8-26-24(7-4-9-29(37)38)19-36(32(23)26)20-30(39)40/h3,6,8,10-15,17-19H,1-2,4-5,7,9,16,20H2,(H,37,38)(H,39,40). The average molecular weight is 566 g/mol. The van der Waals surface area contributed by atoms with Gasteiger partial charge < -0.3 is 19.5 Å². The van der Waals surface area contributed by atoms with Crippen LogP contribution in [0.5, 0.6) is 5.75 Å². The van der Waals surface area contributed by atoms with Gasteiger partial charge in [-0.25, -0.2) is 13.2 Å². The molecule has 1 heterocycles. The number of hydrogen-bond donors (Lipinski definition) is 2. The summed E-state index contributed by atoms with van der Waals surface area (Å²) in [4.78, 5) is 22.4. The lowest BCUT2D eigenvalue weighted by atomic mass is 10.0. The van der Waals surface area contributed by atoms with Gasteiger partial charge in [-0.05, 0) is 78.6 Å². The molecule has 0 amide bonds. The van der Waals surface area contributed by atoms with Gasteiger partial charge in [0.15, 0.2) is 17.5 Å². The molecule has 41 heavy (non-hydrogen) atoms. The fraction of sp³-hybridized carbons (Fsp3) is 0.250. The van der Waals surface area contributed by atoms with Crippen LogP contribution in [0, 0.1) is 17.5 Å². The first kappa shape index (κ1) is 29.5. The Morgan fingerprint density at radius 1 is 0.854 bits per heavy atom. The Hall–Kier alpha value is -4.53. The highest BCUT2D eigenvalue weighted by molar-refractivity contribution is 5.94. The second-order valence-electron chi connectivity index (χ2n) is 9.75. The van der Waals surface area contributed by atoms with Crippen molar-refractivity contribution in [1.82, 2.24) is 4.57 Å². The Balaban J connectivity index is 1.37. The molecule has 0 saturated heterocycles. The number of halogens is 3. The number of benzene rings is 3. The molecule has 0 saturated carbocycles. The molecule has 0 aliphatic carbocycles. The van der Waals surface area contributed by atoms with Gasteiger partial charge >= 0.3 is 11.9 Å². The fourth-order valence-electron chi connectivity index (χ4n) is 4.73. The molecular weight excluding hydrogens is 535 g/mol. The zero-order chi connectivity index (χ0) is 29.4. The molecule has 0 aliphatic heterocycles. The topological polar surface area (TPSA) is 88.8 Å². The summed E-state index contributed by atoms with van der Waals surface area (Å²) in [7, 11) is 0. The van der Waals surface area contributed by atoms with E-state index in [1.165, 1.54) is 0 Å². The van der Waals surface area contributed by atoms with E-state index in [0.29, 0.717) is 50.0 Å². The summed E-state index contributed by atoms with van der Waals surface area (Å²) < 4.78 is 47.2. The van der Waals surface area contributed by atoms with Crippen LogP contribution in [0.15, 0.2) is 60.8 Å². The summed E-state index contributed by atoms with van der Waals surface area (Å²) >= 11 is 0. The highest BCUT2D eigenvalue weighted by Crippen LogP contribution is 2.28. The number of para-hydroxylation sites is 1. The van der Waals surface area contributed by atoms with Crippen LogP contribution in [0.3, 0.4) is 0 Å². The summed E-state index contributed by atoms with van der Waals surface area (Å²) in [6.45, 7) is 0.211. The third-order valence-corrected chi connectivity index (χ3v) is 6.66. The van der Waals surface area contributed by atoms with Gasteiger partial charge in [0.25, 0.3) is 0 Å². The van der Waals surface area contributed by atoms with Crippen molar-refractivity contribution >= 4 is 35.0 Å². The lowest BCUT2D eigenvalue weighted by Crippen LogP contribution is -2.07. The van der Waals surface area contributed by atoms with Gasteiger partial charge in [0, 0.05) is 18.0 Å². The minimum absolute atomic E-state index is 0.0450. The molecule has 6 nitrogen and oxygen atoms in total. The first-order chi connectivity index (χ1) is 19.7. The Morgan fingerprint density at radius 2 is 1.59 bits per heavy atom. The average Bonchev–Trinajstić information content (AvgIpc) is 3.27. The number of hydrogen-bond acceptors (Lipinski definition) is 3. The Morgan fingerprint density at radius 3 is 2.27 bits per heavy atom. The normalized spacial score (nSPS) is 11.4. The summed E-state index contributed by atoms with van der Waals surface area (Å²) in [5.41, 5.74) is 3.85. The maximum Gasteiger partial charge on any atom is 0.323 e. The lowest BCUT2D eigenvalue weighted by molar-refractivity contribution is -0.138. The molecule has 4 aromatic rings. The van der Waals surface area contributed by atoms with E-state index in [2.05, 4.69) is 0 Å². The SMILES string of the molecule is O=C(O)CCCc1cn(CC(=O)O)c2c(C=Cc3ccc(OCCCCc4cc(F)c(F)c(F)c4)cc3)cccc12. The van der Waals surface area contributed by atoms with Crippen molar-refractivity contribution in [1.29, 1.82) is 0 Å². The van der Waals surface area contributed by atoms with E-state index < -0.39 is 29.4 Å². The molecule has 0 spiro atoms. The predicted molar refractivity (Wildman–Crippen MR) is 150 cm³/mol. The second-order valence-corrected chi connectivity index (χ2v) is 9.75. The molecule has 4 rings (SSSR count). The van der Waals surface area contributed by atoms with Gasteiger partial charge in [-0.2, -0.15) is 0 Å². The van der Waals surface area contributed by atoms with E-state index in [4.69, 9.17) is 9.84 Å². The van der Waals surface area contributed by atoms with Crippen molar-refractivity contribution in [2.24, 2.45) is 0 Å². The summed E-state index contributed by atoms with van der Waals surface area (Å²) in [5, 5.41) is 19.3. The highest BCUT2D eigenvalue weighted by Gasteiger charge is 2.14. The number of carboxylic acid groups (broad SMARTS) is 2. The van der Waals surface area contributed by atoms with E-state index in [9.17, 15) is 27.9 Å².